The Balaban J connectivity index is 1.65. The predicted octanol–water partition coefficient (Wildman–Crippen LogP) is 5.93. The molecule has 0 aliphatic carbocycles. The van der Waals surface area contributed by atoms with Gasteiger partial charge in [-0.3, -0.25) is 0 Å². The molecule has 0 saturated carbocycles. The van der Waals surface area contributed by atoms with E-state index >= 15 is 0 Å². The highest BCUT2D eigenvalue weighted by Gasteiger charge is 2.12. The maximum Gasteiger partial charge on any atom is 0.345 e. The summed E-state index contributed by atoms with van der Waals surface area (Å²) in [6, 6.07) is 17.9. The Morgan fingerprint density at radius 2 is 1.83 bits per heavy atom. The summed E-state index contributed by atoms with van der Waals surface area (Å²) >= 11 is 1.50. The standard InChI is InChI=1S/C24H22N2O2S/c1-3-26(4-2)19-12-11-18-14-20(24(27)28-22(18)15-19)21-16-29-23(25-21)13-10-17-8-6-5-7-9-17/h5-16H,3-4H2,1-2H3. The molecule has 4 rings (SSSR count). The highest BCUT2D eigenvalue weighted by atomic mass is 32.1. The lowest BCUT2D eigenvalue weighted by Gasteiger charge is -2.20. The molecule has 0 spiro atoms. The van der Waals surface area contributed by atoms with Gasteiger partial charge in [0, 0.05) is 35.6 Å². The number of aromatic nitrogens is 1. The highest BCUT2D eigenvalue weighted by molar-refractivity contribution is 7.10. The minimum atomic E-state index is -0.363. The van der Waals surface area contributed by atoms with Gasteiger partial charge in [-0.05, 0) is 43.7 Å². The van der Waals surface area contributed by atoms with Gasteiger partial charge in [0.15, 0.2) is 0 Å². The molecule has 5 heteroatoms. The molecule has 2 aromatic heterocycles. The average Bonchev–Trinajstić information content (AvgIpc) is 3.22. The van der Waals surface area contributed by atoms with Crippen LogP contribution in [0.4, 0.5) is 5.69 Å². The Morgan fingerprint density at radius 3 is 2.59 bits per heavy atom. The molecule has 29 heavy (non-hydrogen) atoms. The highest BCUT2D eigenvalue weighted by Crippen LogP contribution is 2.26. The van der Waals surface area contributed by atoms with Crippen molar-refractivity contribution < 1.29 is 4.42 Å². The quantitative estimate of drug-likeness (QED) is 0.375. The number of benzene rings is 2. The van der Waals surface area contributed by atoms with Crippen molar-refractivity contribution in [3.63, 3.8) is 0 Å². The van der Waals surface area contributed by atoms with Crippen LogP contribution in [-0.4, -0.2) is 18.1 Å². The van der Waals surface area contributed by atoms with Gasteiger partial charge < -0.3 is 9.32 Å². The number of hydrogen-bond donors (Lipinski definition) is 0. The number of thiazole rings is 1. The SMILES string of the molecule is CCN(CC)c1ccc2cc(-c3csc(C=Cc4ccccc4)n3)c(=O)oc2c1. The van der Waals surface area contributed by atoms with Crippen molar-refractivity contribution >= 4 is 40.1 Å². The van der Waals surface area contributed by atoms with Gasteiger partial charge in [0.25, 0.3) is 0 Å². The first kappa shape index (κ1) is 19.2. The summed E-state index contributed by atoms with van der Waals surface area (Å²) in [6.07, 6.45) is 3.97. The van der Waals surface area contributed by atoms with Crippen LogP contribution in [0.15, 0.2) is 69.2 Å². The molecule has 0 radical (unpaired) electrons. The van der Waals surface area contributed by atoms with E-state index in [2.05, 4.69) is 29.8 Å². The van der Waals surface area contributed by atoms with E-state index in [1.807, 2.05) is 66.1 Å². The van der Waals surface area contributed by atoms with Gasteiger partial charge in [-0.1, -0.05) is 36.4 Å². The normalized spacial score (nSPS) is 11.4. The maximum absolute atomic E-state index is 12.6. The number of nitrogens with zero attached hydrogens (tertiary/aromatic N) is 2. The van der Waals surface area contributed by atoms with Crippen LogP contribution in [0.25, 0.3) is 34.4 Å². The van der Waals surface area contributed by atoms with E-state index in [-0.39, 0.29) is 5.63 Å². The van der Waals surface area contributed by atoms with Gasteiger partial charge in [0.2, 0.25) is 0 Å². The second-order valence-corrected chi connectivity index (χ2v) is 7.55. The summed E-state index contributed by atoms with van der Waals surface area (Å²) in [5.74, 6) is 0. The summed E-state index contributed by atoms with van der Waals surface area (Å²) in [5, 5.41) is 3.64. The second kappa shape index (κ2) is 8.45. The van der Waals surface area contributed by atoms with E-state index < -0.39 is 0 Å². The monoisotopic (exact) mass is 402 g/mol. The van der Waals surface area contributed by atoms with Gasteiger partial charge in [0.1, 0.15) is 10.6 Å². The molecule has 0 unspecified atom stereocenters. The molecule has 4 aromatic rings. The lowest BCUT2D eigenvalue weighted by Crippen LogP contribution is -2.21. The van der Waals surface area contributed by atoms with Gasteiger partial charge in [-0.25, -0.2) is 9.78 Å². The molecule has 0 aliphatic rings. The minimum Gasteiger partial charge on any atom is -0.422 e. The molecule has 0 aliphatic heterocycles. The summed E-state index contributed by atoms with van der Waals surface area (Å²) in [5.41, 5.74) is 3.54. The van der Waals surface area contributed by atoms with E-state index in [0.29, 0.717) is 16.8 Å². The van der Waals surface area contributed by atoms with Crippen LogP contribution in [0.3, 0.4) is 0 Å². The van der Waals surface area contributed by atoms with Gasteiger partial charge in [-0.15, -0.1) is 11.3 Å². The first-order valence-electron chi connectivity index (χ1n) is 9.70. The Labute approximate surface area is 173 Å². The Morgan fingerprint density at radius 1 is 1.03 bits per heavy atom. The zero-order valence-corrected chi connectivity index (χ0v) is 17.3. The zero-order valence-electron chi connectivity index (χ0n) is 16.5. The van der Waals surface area contributed by atoms with E-state index in [9.17, 15) is 4.79 Å². The van der Waals surface area contributed by atoms with Crippen LogP contribution in [-0.2, 0) is 0 Å². The molecule has 4 nitrogen and oxygen atoms in total. The van der Waals surface area contributed by atoms with Gasteiger partial charge in [0.05, 0.1) is 11.3 Å². The molecular weight excluding hydrogens is 380 g/mol. The molecule has 0 atom stereocenters. The zero-order chi connectivity index (χ0) is 20.2. The van der Waals surface area contributed by atoms with E-state index in [1.54, 1.807) is 0 Å². The molecule has 0 N–H and O–H groups in total. The average molecular weight is 403 g/mol. The Hall–Kier alpha value is -3.18. The molecule has 0 bridgehead atoms. The predicted molar refractivity (Wildman–Crippen MR) is 123 cm³/mol. The van der Waals surface area contributed by atoms with Crippen molar-refractivity contribution in [1.29, 1.82) is 0 Å². The summed E-state index contributed by atoms with van der Waals surface area (Å²) in [7, 11) is 0. The number of anilines is 1. The van der Waals surface area contributed by atoms with Crippen LogP contribution >= 0.6 is 11.3 Å². The van der Waals surface area contributed by atoms with Crippen molar-refractivity contribution in [1.82, 2.24) is 4.98 Å². The van der Waals surface area contributed by atoms with Gasteiger partial charge in [-0.2, -0.15) is 0 Å². The lowest BCUT2D eigenvalue weighted by atomic mass is 10.1. The fourth-order valence-corrected chi connectivity index (χ4v) is 3.99. The maximum atomic E-state index is 12.6. The van der Waals surface area contributed by atoms with Crippen LogP contribution in [0.2, 0.25) is 0 Å². The molecule has 146 valence electrons. The number of hydrogen-bond acceptors (Lipinski definition) is 5. The van der Waals surface area contributed by atoms with Crippen LogP contribution in [0, 0.1) is 0 Å². The summed E-state index contributed by atoms with van der Waals surface area (Å²) in [6.45, 7) is 6.03. The third kappa shape index (κ3) is 4.15. The first-order valence-corrected chi connectivity index (χ1v) is 10.6. The molecular formula is C24H22N2O2S. The molecule has 0 saturated heterocycles. The Bertz CT molecular complexity index is 1200. The van der Waals surface area contributed by atoms with Crippen molar-refractivity contribution in [3.8, 4) is 11.3 Å². The first-order chi connectivity index (χ1) is 14.2. The molecule has 2 heterocycles. The fourth-order valence-electron chi connectivity index (χ4n) is 3.28. The molecule has 2 aromatic carbocycles. The van der Waals surface area contributed by atoms with Crippen LogP contribution < -0.4 is 10.5 Å². The van der Waals surface area contributed by atoms with Crippen molar-refractivity contribution in [2.75, 3.05) is 18.0 Å². The molecule has 0 fully saturated rings. The topological polar surface area (TPSA) is 46.3 Å². The molecule has 0 amide bonds. The van der Waals surface area contributed by atoms with E-state index in [4.69, 9.17) is 4.42 Å². The smallest absolute Gasteiger partial charge is 0.345 e. The third-order valence-electron chi connectivity index (χ3n) is 4.86. The third-order valence-corrected chi connectivity index (χ3v) is 5.67. The van der Waals surface area contributed by atoms with Crippen LogP contribution in [0.1, 0.15) is 24.4 Å². The number of fused-ring (bicyclic) bond motifs is 1. The van der Waals surface area contributed by atoms with Crippen molar-refractivity contribution in [3.05, 3.63) is 81.0 Å². The summed E-state index contributed by atoms with van der Waals surface area (Å²) < 4.78 is 5.63. The van der Waals surface area contributed by atoms with E-state index in [1.165, 1.54) is 11.3 Å². The van der Waals surface area contributed by atoms with E-state index in [0.717, 1.165) is 34.7 Å². The van der Waals surface area contributed by atoms with Gasteiger partial charge >= 0.3 is 5.63 Å². The number of rotatable bonds is 6. The second-order valence-electron chi connectivity index (χ2n) is 6.66. The fraction of sp³-hybridized carbons (Fsp3) is 0.167. The van der Waals surface area contributed by atoms with Crippen molar-refractivity contribution in [2.24, 2.45) is 0 Å². The largest absolute Gasteiger partial charge is 0.422 e. The van der Waals surface area contributed by atoms with Crippen LogP contribution in [0.5, 0.6) is 0 Å². The Kier molecular flexibility index (Phi) is 5.58. The lowest BCUT2D eigenvalue weighted by molar-refractivity contribution is 0.563. The summed E-state index contributed by atoms with van der Waals surface area (Å²) in [4.78, 5) is 19.4. The van der Waals surface area contributed by atoms with Crippen molar-refractivity contribution in [2.45, 2.75) is 13.8 Å². The minimum absolute atomic E-state index is 0.363.